The third kappa shape index (κ3) is 4.62. The lowest BCUT2D eigenvalue weighted by atomic mass is 9.95. The van der Waals surface area contributed by atoms with E-state index in [4.69, 9.17) is 0 Å². The molecule has 3 heteroatoms. The van der Waals surface area contributed by atoms with Crippen LogP contribution in [0.15, 0.2) is 22.7 Å². The summed E-state index contributed by atoms with van der Waals surface area (Å²) in [6, 6.07) is 5.13. The minimum Gasteiger partial charge on any atom is -0.319 e. The van der Waals surface area contributed by atoms with Crippen LogP contribution in [0.3, 0.4) is 0 Å². The molecule has 0 aliphatic rings. The van der Waals surface area contributed by atoms with E-state index in [-0.39, 0.29) is 5.82 Å². The second-order valence-corrected chi connectivity index (χ2v) is 5.11. The smallest absolute Gasteiger partial charge is 0.124 e. The third-order valence-corrected chi connectivity index (χ3v) is 3.09. The Morgan fingerprint density at radius 3 is 2.69 bits per heavy atom. The van der Waals surface area contributed by atoms with Gasteiger partial charge in [-0.1, -0.05) is 29.3 Å². The van der Waals surface area contributed by atoms with Crippen LogP contribution in [-0.4, -0.2) is 13.6 Å². The quantitative estimate of drug-likeness (QED) is 0.840. The molecule has 1 aromatic carbocycles. The lowest BCUT2D eigenvalue weighted by molar-refractivity contribution is 0.455. The van der Waals surface area contributed by atoms with Crippen molar-refractivity contribution < 1.29 is 4.39 Å². The lowest BCUT2D eigenvalue weighted by Gasteiger charge is -2.15. The fraction of sp³-hybridized carbons (Fsp3) is 0.538. The number of benzene rings is 1. The van der Waals surface area contributed by atoms with Crippen LogP contribution in [0.25, 0.3) is 0 Å². The van der Waals surface area contributed by atoms with Crippen LogP contribution in [0, 0.1) is 11.7 Å². The molecule has 1 atom stereocenters. The number of hydrogen-bond donors (Lipinski definition) is 1. The molecule has 90 valence electrons. The first-order valence-electron chi connectivity index (χ1n) is 5.75. The van der Waals surface area contributed by atoms with Gasteiger partial charge < -0.3 is 5.32 Å². The monoisotopic (exact) mass is 287 g/mol. The van der Waals surface area contributed by atoms with Crippen LogP contribution >= 0.6 is 15.9 Å². The summed E-state index contributed by atoms with van der Waals surface area (Å²) in [5.74, 6) is 0.424. The second-order valence-electron chi connectivity index (χ2n) is 4.19. The Morgan fingerprint density at radius 2 is 2.12 bits per heavy atom. The van der Waals surface area contributed by atoms with Gasteiger partial charge in [0.1, 0.15) is 5.82 Å². The molecule has 0 aliphatic carbocycles. The van der Waals surface area contributed by atoms with Gasteiger partial charge in [-0.05, 0) is 56.1 Å². The first-order valence-corrected chi connectivity index (χ1v) is 6.54. The van der Waals surface area contributed by atoms with E-state index in [0.717, 1.165) is 23.0 Å². The highest BCUT2D eigenvalue weighted by atomic mass is 79.9. The van der Waals surface area contributed by atoms with E-state index in [1.165, 1.54) is 18.9 Å². The van der Waals surface area contributed by atoms with Gasteiger partial charge in [0.15, 0.2) is 0 Å². The topological polar surface area (TPSA) is 12.0 Å². The van der Waals surface area contributed by atoms with Crippen LogP contribution in [0.5, 0.6) is 0 Å². The van der Waals surface area contributed by atoms with E-state index < -0.39 is 0 Å². The van der Waals surface area contributed by atoms with Crippen molar-refractivity contribution in [2.24, 2.45) is 5.92 Å². The summed E-state index contributed by atoms with van der Waals surface area (Å²) in [5.41, 5.74) is 1.07. The predicted octanol–water partition coefficient (Wildman–Crippen LogP) is 3.77. The average Bonchev–Trinajstić information content (AvgIpc) is 2.16. The van der Waals surface area contributed by atoms with Crippen molar-refractivity contribution >= 4 is 15.9 Å². The molecule has 1 rings (SSSR count). The number of halogens is 2. The molecule has 1 aromatic rings. The fourth-order valence-corrected chi connectivity index (χ4v) is 2.55. The van der Waals surface area contributed by atoms with Crippen LogP contribution in [-0.2, 0) is 6.42 Å². The molecule has 0 aliphatic heterocycles. The Bertz CT molecular complexity index is 301. The van der Waals surface area contributed by atoms with Gasteiger partial charge >= 0.3 is 0 Å². The van der Waals surface area contributed by atoms with Gasteiger partial charge in [-0.2, -0.15) is 0 Å². The highest BCUT2D eigenvalue weighted by Crippen LogP contribution is 2.19. The normalized spacial score (nSPS) is 12.8. The first-order chi connectivity index (χ1) is 7.65. The van der Waals surface area contributed by atoms with Gasteiger partial charge in [-0.15, -0.1) is 0 Å². The molecule has 0 radical (unpaired) electrons. The minimum absolute atomic E-state index is 0.163. The summed E-state index contributed by atoms with van der Waals surface area (Å²) in [7, 11) is 1.96. The number of rotatable bonds is 6. The lowest BCUT2D eigenvalue weighted by Crippen LogP contribution is -2.20. The van der Waals surface area contributed by atoms with Crippen molar-refractivity contribution in [2.75, 3.05) is 13.6 Å². The van der Waals surface area contributed by atoms with Gasteiger partial charge in [0.05, 0.1) is 0 Å². The molecule has 0 fully saturated rings. The van der Waals surface area contributed by atoms with Crippen molar-refractivity contribution in [3.8, 4) is 0 Å². The van der Waals surface area contributed by atoms with Gasteiger partial charge in [0, 0.05) is 4.47 Å². The number of nitrogens with one attached hydrogen (secondary N) is 1. The summed E-state index contributed by atoms with van der Waals surface area (Å²) in [6.45, 7) is 3.17. The van der Waals surface area contributed by atoms with Gasteiger partial charge in [0.25, 0.3) is 0 Å². The molecule has 1 nitrogen and oxygen atoms in total. The molecule has 0 amide bonds. The first kappa shape index (κ1) is 13.7. The molecule has 0 bridgehead atoms. The highest BCUT2D eigenvalue weighted by Gasteiger charge is 2.09. The zero-order chi connectivity index (χ0) is 12.0. The standard InChI is InChI=1S/C13H19BrFN/c1-3-4-10(9-16-2)5-11-6-12(14)8-13(15)7-11/h6-8,10,16H,3-5,9H2,1-2H3. The van der Waals surface area contributed by atoms with E-state index in [1.807, 2.05) is 13.1 Å². The summed E-state index contributed by atoms with van der Waals surface area (Å²) >= 11 is 3.33. The van der Waals surface area contributed by atoms with Crippen molar-refractivity contribution in [1.82, 2.24) is 5.32 Å². The molecule has 0 saturated heterocycles. The van der Waals surface area contributed by atoms with E-state index >= 15 is 0 Å². The van der Waals surface area contributed by atoms with Gasteiger partial charge in [0.2, 0.25) is 0 Å². The van der Waals surface area contributed by atoms with Gasteiger partial charge in [-0.3, -0.25) is 0 Å². The highest BCUT2D eigenvalue weighted by molar-refractivity contribution is 9.10. The maximum Gasteiger partial charge on any atom is 0.124 e. The maximum absolute atomic E-state index is 13.2. The van der Waals surface area contributed by atoms with E-state index in [0.29, 0.717) is 5.92 Å². The second kappa shape index (κ2) is 7.02. The molecule has 0 spiro atoms. The molecule has 0 aromatic heterocycles. The van der Waals surface area contributed by atoms with Crippen molar-refractivity contribution in [3.63, 3.8) is 0 Å². The van der Waals surface area contributed by atoms with Crippen LogP contribution in [0.1, 0.15) is 25.3 Å². The fourth-order valence-electron chi connectivity index (χ4n) is 2.04. The number of hydrogen-bond acceptors (Lipinski definition) is 1. The summed E-state index contributed by atoms with van der Waals surface area (Å²) in [4.78, 5) is 0. The summed E-state index contributed by atoms with van der Waals surface area (Å²) in [5, 5.41) is 3.20. The van der Waals surface area contributed by atoms with Crippen LogP contribution < -0.4 is 5.32 Å². The Balaban J connectivity index is 2.68. The molecule has 0 heterocycles. The maximum atomic E-state index is 13.2. The Kier molecular flexibility index (Phi) is 5.99. The molecule has 16 heavy (non-hydrogen) atoms. The Labute approximate surface area is 106 Å². The van der Waals surface area contributed by atoms with Crippen molar-refractivity contribution in [1.29, 1.82) is 0 Å². The van der Waals surface area contributed by atoms with E-state index in [2.05, 4.69) is 28.2 Å². The van der Waals surface area contributed by atoms with E-state index in [9.17, 15) is 4.39 Å². The minimum atomic E-state index is -0.163. The third-order valence-electron chi connectivity index (χ3n) is 2.64. The van der Waals surface area contributed by atoms with Crippen molar-refractivity contribution in [2.45, 2.75) is 26.2 Å². The average molecular weight is 288 g/mol. The predicted molar refractivity (Wildman–Crippen MR) is 70.1 cm³/mol. The Morgan fingerprint density at radius 1 is 1.38 bits per heavy atom. The largest absolute Gasteiger partial charge is 0.319 e. The molecular formula is C13H19BrFN. The van der Waals surface area contributed by atoms with Gasteiger partial charge in [-0.25, -0.2) is 4.39 Å². The molecular weight excluding hydrogens is 269 g/mol. The molecule has 1 N–H and O–H groups in total. The summed E-state index contributed by atoms with van der Waals surface area (Å²) in [6.07, 6.45) is 3.28. The van der Waals surface area contributed by atoms with Crippen molar-refractivity contribution in [3.05, 3.63) is 34.1 Å². The van der Waals surface area contributed by atoms with Crippen LogP contribution in [0.2, 0.25) is 0 Å². The summed E-state index contributed by atoms with van der Waals surface area (Å²) < 4.78 is 14.0. The Hall–Kier alpha value is -0.410. The molecule has 1 unspecified atom stereocenters. The SMILES string of the molecule is CCCC(CNC)Cc1cc(F)cc(Br)c1. The zero-order valence-electron chi connectivity index (χ0n) is 9.89. The van der Waals surface area contributed by atoms with E-state index in [1.54, 1.807) is 6.07 Å². The zero-order valence-corrected chi connectivity index (χ0v) is 11.5. The molecule has 0 saturated carbocycles. The van der Waals surface area contributed by atoms with Crippen LogP contribution in [0.4, 0.5) is 4.39 Å².